The van der Waals surface area contributed by atoms with Crippen LogP contribution in [0.1, 0.15) is 0 Å². The molecule has 0 atom stereocenters. The summed E-state index contributed by atoms with van der Waals surface area (Å²) in [6, 6.07) is 0. The molecule has 0 rings (SSSR count). The van der Waals surface area contributed by atoms with Crippen molar-refractivity contribution in [3.63, 3.8) is 0 Å². The summed E-state index contributed by atoms with van der Waals surface area (Å²) in [4.78, 5) is 0. The van der Waals surface area contributed by atoms with Crippen molar-refractivity contribution in [1.29, 1.82) is 0 Å². The molecule has 5 heavy (non-hydrogen) atoms. The summed E-state index contributed by atoms with van der Waals surface area (Å²) in [5, 5.41) is 0. The van der Waals surface area contributed by atoms with Crippen molar-refractivity contribution in [2.24, 2.45) is 0 Å². The van der Waals surface area contributed by atoms with Crippen LogP contribution < -0.4 is 0 Å². The third kappa shape index (κ3) is 19.2. The van der Waals surface area contributed by atoms with Crippen LogP contribution in [0.3, 0.4) is 0 Å². The van der Waals surface area contributed by atoms with E-state index in [0.717, 1.165) is 0 Å². The molecule has 0 unspecified atom stereocenters. The van der Waals surface area contributed by atoms with Gasteiger partial charge in [0.1, 0.15) is 0 Å². The van der Waals surface area contributed by atoms with Gasteiger partial charge in [-0.2, -0.15) is 0 Å². The third-order valence-electron chi connectivity index (χ3n) is 0. The average Bonchev–Trinajstić information content (AvgIpc) is 0. The molecule has 0 aliphatic carbocycles. The molecule has 0 aliphatic rings. The second-order valence-electron chi connectivity index (χ2n) is 0. The van der Waals surface area contributed by atoms with Crippen molar-refractivity contribution in [3.8, 4) is 0 Å². The van der Waals surface area contributed by atoms with Crippen LogP contribution in [0.25, 0.3) is 0 Å². The van der Waals surface area contributed by atoms with E-state index in [9.17, 15) is 0 Å². The molecule has 4 N–H and O–H groups in total. The van der Waals surface area contributed by atoms with E-state index in [-0.39, 0.29) is 112 Å². The van der Waals surface area contributed by atoms with Gasteiger partial charge < -0.3 is 11.0 Å². The number of hydrogen-bond donors (Lipinski definition) is 0. The number of rotatable bonds is 0. The van der Waals surface area contributed by atoms with E-state index < -0.39 is 0 Å². The Balaban J connectivity index is 0. The summed E-state index contributed by atoms with van der Waals surface area (Å²) in [7, 11) is 0. The van der Waals surface area contributed by atoms with Crippen molar-refractivity contribution in [2.45, 2.75) is 0 Å². The van der Waals surface area contributed by atoms with E-state index in [1.165, 1.54) is 0 Å². The Morgan fingerprint density at radius 1 is 0.800 bits per heavy atom. The molecule has 30 valence electrons. The molecule has 0 aromatic carbocycles. The van der Waals surface area contributed by atoms with Gasteiger partial charge in [-0.15, -0.1) is 12.4 Å². The maximum atomic E-state index is 0. The fourth-order valence-electron chi connectivity index (χ4n) is 0. The zero-order chi connectivity index (χ0) is 0. The Morgan fingerprint density at radius 2 is 0.800 bits per heavy atom. The van der Waals surface area contributed by atoms with Crippen LogP contribution in [0.5, 0.6) is 0 Å². The second kappa shape index (κ2) is 27.5. The van der Waals surface area contributed by atoms with Crippen molar-refractivity contribution >= 4 is 102 Å². The normalized spacial score (nSPS) is 0. The molecule has 0 saturated heterocycles. The molecule has 0 radical (unpaired) electrons. The van der Waals surface area contributed by atoms with Crippen molar-refractivity contribution in [2.75, 3.05) is 0 Å². The standard InChI is InChI=1S/Ca.ClH.K.2H2O.3H/h;1H;;2*1H2;;;. The summed E-state index contributed by atoms with van der Waals surface area (Å²) in [6.07, 6.45) is 0. The molecular weight excluding hydrogens is 147 g/mol. The van der Waals surface area contributed by atoms with Crippen molar-refractivity contribution < 1.29 is 11.0 Å². The van der Waals surface area contributed by atoms with Crippen LogP contribution in [0.4, 0.5) is 0 Å². The molecule has 0 bridgehead atoms. The summed E-state index contributed by atoms with van der Waals surface area (Å²) >= 11 is 0. The molecule has 0 spiro atoms. The van der Waals surface area contributed by atoms with Crippen molar-refractivity contribution in [1.82, 2.24) is 0 Å². The second-order valence-corrected chi connectivity index (χ2v) is 0. The van der Waals surface area contributed by atoms with Crippen LogP contribution in [-0.2, 0) is 0 Å². The minimum atomic E-state index is 0. The third-order valence-corrected chi connectivity index (χ3v) is 0. The van der Waals surface area contributed by atoms with Gasteiger partial charge in [0.05, 0.1) is 0 Å². The zero-order valence-electron chi connectivity index (χ0n) is 1.41. The van der Waals surface area contributed by atoms with Gasteiger partial charge in [0.2, 0.25) is 0 Å². The first kappa shape index (κ1) is 42.4. The molecule has 0 heterocycles. The fourth-order valence-corrected chi connectivity index (χ4v) is 0. The van der Waals surface area contributed by atoms with Gasteiger partial charge in [-0.25, -0.2) is 0 Å². The van der Waals surface area contributed by atoms with Gasteiger partial charge in [0.15, 0.2) is 0 Å². The summed E-state index contributed by atoms with van der Waals surface area (Å²) in [5.74, 6) is 0. The van der Waals surface area contributed by atoms with Crippen LogP contribution in [0.2, 0.25) is 0 Å². The predicted molar refractivity (Wildman–Crippen MR) is 30.2 cm³/mol. The van der Waals surface area contributed by atoms with Crippen LogP contribution in [-0.4, -0.2) is 100 Å². The van der Waals surface area contributed by atoms with Gasteiger partial charge in [-0.1, -0.05) is 0 Å². The molecule has 0 saturated carbocycles. The average molecular weight is 155 g/mol. The molecule has 5 heteroatoms. The number of halogens is 1. The SMILES string of the molecule is Cl.O.O.[CaH2].[KH]. The zero-order valence-corrected chi connectivity index (χ0v) is 2.22. The molecule has 0 aliphatic heterocycles. The summed E-state index contributed by atoms with van der Waals surface area (Å²) in [5.41, 5.74) is 0. The van der Waals surface area contributed by atoms with E-state index in [1.807, 2.05) is 0 Å². The molecular formula is H8CaClKO2. The predicted octanol–water partition coefficient (Wildman–Crippen LogP) is -2.79. The number of hydrogen-bond acceptors (Lipinski definition) is 0. The fraction of sp³-hybridized carbons (Fsp3) is 0. The van der Waals surface area contributed by atoms with Crippen LogP contribution in [0, 0.1) is 0 Å². The van der Waals surface area contributed by atoms with Gasteiger partial charge in [0.25, 0.3) is 0 Å². The molecule has 0 fully saturated rings. The first-order valence-electron chi connectivity index (χ1n) is 0. The van der Waals surface area contributed by atoms with Crippen LogP contribution >= 0.6 is 12.4 Å². The minimum absolute atomic E-state index is 0. The van der Waals surface area contributed by atoms with Gasteiger partial charge >= 0.3 is 89.1 Å². The van der Waals surface area contributed by atoms with E-state index in [0.29, 0.717) is 0 Å². The Morgan fingerprint density at radius 3 is 0.800 bits per heavy atom. The Kier molecular flexibility index (Phi) is 233. The Hall–Kier alpha value is 3.11. The maximum absolute atomic E-state index is 0. The molecule has 0 aromatic heterocycles. The van der Waals surface area contributed by atoms with Crippen molar-refractivity contribution in [3.05, 3.63) is 0 Å². The van der Waals surface area contributed by atoms with E-state index in [4.69, 9.17) is 0 Å². The Labute approximate surface area is 110 Å². The van der Waals surface area contributed by atoms with Gasteiger partial charge in [-0.3, -0.25) is 0 Å². The van der Waals surface area contributed by atoms with Crippen LogP contribution in [0.15, 0.2) is 0 Å². The summed E-state index contributed by atoms with van der Waals surface area (Å²) in [6.45, 7) is 0. The van der Waals surface area contributed by atoms with E-state index in [2.05, 4.69) is 0 Å². The quantitative estimate of drug-likeness (QED) is 0.339. The van der Waals surface area contributed by atoms with E-state index in [1.54, 1.807) is 0 Å². The Bertz CT molecular complexity index is 9.61. The first-order chi connectivity index (χ1) is 0. The molecule has 0 aromatic rings. The first-order valence-corrected chi connectivity index (χ1v) is 0. The van der Waals surface area contributed by atoms with Gasteiger partial charge in [-0.05, 0) is 0 Å². The molecule has 2 nitrogen and oxygen atoms in total. The van der Waals surface area contributed by atoms with Gasteiger partial charge in [0, 0.05) is 0 Å². The molecule has 0 amide bonds. The van der Waals surface area contributed by atoms with E-state index >= 15 is 0 Å². The topological polar surface area (TPSA) is 63.0 Å². The summed E-state index contributed by atoms with van der Waals surface area (Å²) < 4.78 is 0. The monoisotopic (exact) mass is 154 g/mol.